The third-order valence-corrected chi connectivity index (χ3v) is 5.07. The standard InChI is InChI=1S/C22H28FN3O/c1-2-25(20-12-10-19(23)11-13-20)16-14-24-22(27)17-26-15-6-5-8-18-7-3-4-9-21(18)26/h3-4,7,9-13H,2,5-6,8,14-17H2,1H3,(H,24,27). The van der Waals surface area contributed by atoms with E-state index in [2.05, 4.69) is 40.2 Å². The molecule has 144 valence electrons. The zero-order valence-electron chi connectivity index (χ0n) is 16.0. The van der Waals surface area contributed by atoms with Gasteiger partial charge in [-0.3, -0.25) is 4.79 Å². The molecule has 2 aromatic carbocycles. The molecule has 1 aliphatic rings. The number of aryl methyl sites for hydroxylation is 1. The summed E-state index contributed by atoms with van der Waals surface area (Å²) in [6.45, 7) is 5.44. The van der Waals surface area contributed by atoms with Gasteiger partial charge in [-0.1, -0.05) is 18.2 Å². The molecule has 4 nitrogen and oxygen atoms in total. The van der Waals surface area contributed by atoms with E-state index in [1.807, 2.05) is 6.07 Å². The molecular weight excluding hydrogens is 341 g/mol. The molecule has 0 saturated heterocycles. The van der Waals surface area contributed by atoms with Crippen molar-refractivity contribution in [3.63, 3.8) is 0 Å². The highest BCUT2D eigenvalue weighted by atomic mass is 19.1. The van der Waals surface area contributed by atoms with Crippen LogP contribution < -0.4 is 15.1 Å². The number of hydrogen-bond acceptors (Lipinski definition) is 3. The maximum atomic E-state index is 13.1. The van der Waals surface area contributed by atoms with Gasteiger partial charge in [0, 0.05) is 37.6 Å². The van der Waals surface area contributed by atoms with E-state index in [1.54, 1.807) is 12.1 Å². The fourth-order valence-electron chi connectivity index (χ4n) is 3.61. The highest BCUT2D eigenvalue weighted by Crippen LogP contribution is 2.25. The number of nitrogens with zero attached hydrogens (tertiary/aromatic N) is 2. The maximum Gasteiger partial charge on any atom is 0.239 e. The van der Waals surface area contributed by atoms with E-state index in [4.69, 9.17) is 0 Å². The van der Waals surface area contributed by atoms with E-state index >= 15 is 0 Å². The Labute approximate surface area is 161 Å². The SMILES string of the molecule is CCN(CCNC(=O)CN1CCCCc2ccccc21)c1ccc(F)cc1. The molecule has 0 unspecified atom stereocenters. The minimum Gasteiger partial charge on any atom is -0.370 e. The molecule has 5 heteroatoms. The number of rotatable bonds is 7. The molecule has 0 spiro atoms. The number of halogens is 1. The van der Waals surface area contributed by atoms with Crippen LogP contribution in [0.25, 0.3) is 0 Å². The Morgan fingerprint density at radius 3 is 2.70 bits per heavy atom. The van der Waals surface area contributed by atoms with Gasteiger partial charge in [0.2, 0.25) is 5.91 Å². The number of carbonyl (C=O) groups is 1. The zero-order chi connectivity index (χ0) is 19.1. The van der Waals surface area contributed by atoms with E-state index in [0.29, 0.717) is 19.6 Å². The molecule has 1 amide bonds. The molecule has 0 aliphatic carbocycles. The van der Waals surface area contributed by atoms with Crippen LogP contribution in [0.3, 0.4) is 0 Å². The Kier molecular flexibility index (Phi) is 6.69. The Bertz CT molecular complexity index is 747. The lowest BCUT2D eigenvalue weighted by Gasteiger charge is -2.25. The summed E-state index contributed by atoms with van der Waals surface area (Å²) < 4.78 is 13.1. The fourth-order valence-corrected chi connectivity index (χ4v) is 3.61. The summed E-state index contributed by atoms with van der Waals surface area (Å²) in [5, 5.41) is 3.03. The smallest absolute Gasteiger partial charge is 0.239 e. The second-order valence-electron chi connectivity index (χ2n) is 6.91. The summed E-state index contributed by atoms with van der Waals surface area (Å²) in [5.74, 6) is -0.192. The predicted molar refractivity (Wildman–Crippen MR) is 109 cm³/mol. The van der Waals surface area contributed by atoms with Gasteiger partial charge in [-0.25, -0.2) is 4.39 Å². The number of anilines is 2. The second kappa shape index (κ2) is 9.40. The number of amides is 1. The van der Waals surface area contributed by atoms with Crippen LogP contribution in [0.4, 0.5) is 15.8 Å². The molecule has 1 N–H and O–H groups in total. The Balaban J connectivity index is 1.51. The summed E-state index contributed by atoms with van der Waals surface area (Å²) in [7, 11) is 0. The topological polar surface area (TPSA) is 35.6 Å². The first kappa shape index (κ1) is 19.2. The van der Waals surface area contributed by atoms with Crippen LogP contribution in [-0.2, 0) is 11.2 Å². The second-order valence-corrected chi connectivity index (χ2v) is 6.91. The monoisotopic (exact) mass is 369 g/mol. The predicted octanol–water partition coefficient (Wildman–Crippen LogP) is 3.61. The van der Waals surface area contributed by atoms with E-state index < -0.39 is 0 Å². The Hall–Kier alpha value is -2.56. The van der Waals surface area contributed by atoms with Crippen molar-refractivity contribution in [2.75, 3.05) is 42.5 Å². The zero-order valence-corrected chi connectivity index (χ0v) is 16.0. The highest BCUT2D eigenvalue weighted by molar-refractivity contribution is 5.81. The summed E-state index contributed by atoms with van der Waals surface area (Å²) in [6.07, 6.45) is 3.35. The van der Waals surface area contributed by atoms with Gasteiger partial charge < -0.3 is 15.1 Å². The van der Waals surface area contributed by atoms with Crippen molar-refractivity contribution in [1.29, 1.82) is 0 Å². The Morgan fingerprint density at radius 1 is 1.15 bits per heavy atom. The first-order valence-electron chi connectivity index (χ1n) is 9.77. The molecule has 27 heavy (non-hydrogen) atoms. The number of benzene rings is 2. The van der Waals surface area contributed by atoms with Gasteiger partial charge in [0.05, 0.1) is 6.54 Å². The van der Waals surface area contributed by atoms with E-state index in [9.17, 15) is 9.18 Å². The van der Waals surface area contributed by atoms with E-state index in [0.717, 1.165) is 38.0 Å². The molecule has 0 aromatic heterocycles. The van der Waals surface area contributed by atoms with Crippen LogP contribution in [-0.4, -0.2) is 38.6 Å². The van der Waals surface area contributed by atoms with Crippen molar-refractivity contribution in [2.45, 2.75) is 26.2 Å². The van der Waals surface area contributed by atoms with Gasteiger partial charge >= 0.3 is 0 Å². The van der Waals surface area contributed by atoms with Crippen molar-refractivity contribution in [3.8, 4) is 0 Å². The summed E-state index contributed by atoms with van der Waals surface area (Å²) in [6, 6.07) is 14.9. The molecule has 2 aromatic rings. The number of hydrogen-bond donors (Lipinski definition) is 1. The molecule has 0 bridgehead atoms. The third-order valence-electron chi connectivity index (χ3n) is 5.07. The van der Waals surface area contributed by atoms with E-state index in [-0.39, 0.29) is 11.7 Å². The van der Waals surface area contributed by atoms with Gasteiger partial charge in [-0.05, 0) is 62.1 Å². The molecule has 0 fully saturated rings. The molecule has 3 rings (SSSR count). The van der Waals surface area contributed by atoms with Crippen molar-refractivity contribution >= 4 is 17.3 Å². The van der Waals surface area contributed by atoms with Gasteiger partial charge in [-0.2, -0.15) is 0 Å². The number of para-hydroxylation sites is 1. The largest absolute Gasteiger partial charge is 0.370 e. The van der Waals surface area contributed by atoms with Gasteiger partial charge in [-0.15, -0.1) is 0 Å². The van der Waals surface area contributed by atoms with Crippen LogP contribution in [0.5, 0.6) is 0 Å². The molecular formula is C22H28FN3O. The van der Waals surface area contributed by atoms with Crippen LogP contribution in [0.2, 0.25) is 0 Å². The van der Waals surface area contributed by atoms with Crippen molar-refractivity contribution < 1.29 is 9.18 Å². The summed E-state index contributed by atoms with van der Waals surface area (Å²) in [4.78, 5) is 16.8. The summed E-state index contributed by atoms with van der Waals surface area (Å²) in [5.41, 5.74) is 3.48. The average molecular weight is 369 g/mol. The number of nitrogens with one attached hydrogen (secondary N) is 1. The molecule has 0 saturated carbocycles. The minimum atomic E-state index is -0.235. The minimum absolute atomic E-state index is 0.0434. The molecule has 0 radical (unpaired) electrons. The Morgan fingerprint density at radius 2 is 1.93 bits per heavy atom. The van der Waals surface area contributed by atoms with Crippen LogP contribution >= 0.6 is 0 Å². The maximum absolute atomic E-state index is 13.1. The van der Waals surface area contributed by atoms with Crippen molar-refractivity contribution in [3.05, 3.63) is 59.9 Å². The highest BCUT2D eigenvalue weighted by Gasteiger charge is 2.17. The first-order chi connectivity index (χ1) is 13.2. The van der Waals surface area contributed by atoms with Gasteiger partial charge in [0.1, 0.15) is 5.82 Å². The van der Waals surface area contributed by atoms with E-state index in [1.165, 1.54) is 23.4 Å². The quantitative estimate of drug-likeness (QED) is 0.810. The lowest BCUT2D eigenvalue weighted by Crippen LogP contribution is -2.41. The van der Waals surface area contributed by atoms with Crippen LogP contribution in [0.15, 0.2) is 48.5 Å². The van der Waals surface area contributed by atoms with Gasteiger partial charge in [0.15, 0.2) is 0 Å². The number of likely N-dealkylation sites (N-methyl/N-ethyl adjacent to an activating group) is 1. The first-order valence-corrected chi connectivity index (χ1v) is 9.77. The average Bonchev–Trinajstić information content (AvgIpc) is 2.89. The number of fused-ring (bicyclic) bond motifs is 1. The number of carbonyl (C=O) groups excluding carboxylic acids is 1. The molecule has 1 aliphatic heterocycles. The lowest BCUT2D eigenvalue weighted by atomic mass is 10.1. The summed E-state index contributed by atoms with van der Waals surface area (Å²) >= 11 is 0. The van der Waals surface area contributed by atoms with Gasteiger partial charge in [0.25, 0.3) is 0 Å². The lowest BCUT2D eigenvalue weighted by molar-refractivity contribution is -0.119. The molecule has 0 atom stereocenters. The normalized spacial score (nSPS) is 13.6. The van der Waals surface area contributed by atoms with Crippen LogP contribution in [0, 0.1) is 5.82 Å². The third kappa shape index (κ3) is 5.22. The van der Waals surface area contributed by atoms with Crippen molar-refractivity contribution in [1.82, 2.24) is 5.32 Å². The van der Waals surface area contributed by atoms with Crippen LogP contribution in [0.1, 0.15) is 25.3 Å². The fraction of sp³-hybridized carbons (Fsp3) is 0.409. The van der Waals surface area contributed by atoms with Crippen molar-refractivity contribution in [2.24, 2.45) is 0 Å². The molecule has 1 heterocycles.